The minimum atomic E-state index is 0.0808. The molecule has 92 valence electrons. The van der Waals surface area contributed by atoms with Crippen LogP contribution in [0.4, 0.5) is 0 Å². The molecule has 5 nitrogen and oxygen atoms in total. The highest BCUT2D eigenvalue weighted by Gasteiger charge is 1.96. The summed E-state index contributed by atoms with van der Waals surface area (Å²) in [6.07, 6.45) is 1.73. The number of hydrogen-bond donors (Lipinski definition) is 2. The van der Waals surface area contributed by atoms with Gasteiger partial charge < -0.3 is 10.1 Å². The lowest BCUT2D eigenvalue weighted by Crippen LogP contribution is -2.12. The van der Waals surface area contributed by atoms with E-state index < -0.39 is 0 Å². The van der Waals surface area contributed by atoms with Gasteiger partial charge in [-0.25, -0.2) is 0 Å². The molecule has 5 heteroatoms. The number of nitriles is 1. The first-order valence-electron chi connectivity index (χ1n) is 5.66. The van der Waals surface area contributed by atoms with Gasteiger partial charge >= 0.3 is 0 Å². The van der Waals surface area contributed by atoms with Crippen molar-refractivity contribution in [2.24, 2.45) is 0 Å². The minimum absolute atomic E-state index is 0.0808. The van der Waals surface area contributed by atoms with Gasteiger partial charge in [0.2, 0.25) is 0 Å². The average molecular weight is 242 g/mol. The zero-order valence-corrected chi connectivity index (χ0v) is 9.89. The molecule has 0 spiro atoms. The molecule has 0 aliphatic rings. The summed E-state index contributed by atoms with van der Waals surface area (Å²) < 4.78 is 5.18. The van der Waals surface area contributed by atoms with Gasteiger partial charge in [-0.15, -0.1) is 0 Å². The van der Waals surface area contributed by atoms with Gasteiger partial charge in [0, 0.05) is 25.0 Å². The van der Waals surface area contributed by atoms with Crippen molar-refractivity contribution in [1.82, 2.24) is 15.5 Å². The van der Waals surface area contributed by atoms with Crippen LogP contribution in [0.1, 0.15) is 11.3 Å². The van der Waals surface area contributed by atoms with Crippen molar-refractivity contribution in [3.8, 4) is 11.8 Å². The number of ether oxygens (including phenoxy) is 1. The van der Waals surface area contributed by atoms with E-state index in [1.54, 1.807) is 6.20 Å². The van der Waals surface area contributed by atoms with Gasteiger partial charge in [-0.3, -0.25) is 5.10 Å². The van der Waals surface area contributed by atoms with Crippen LogP contribution in [0.25, 0.3) is 0 Å². The second-order valence-electron chi connectivity index (χ2n) is 3.78. The molecular formula is C13H14N4O. The average Bonchev–Trinajstić information content (AvgIpc) is 2.91. The number of H-pyrrole nitrogens is 1. The third-order valence-corrected chi connectivity index (χ3v) is 2.43. The van der Waals surface area contributed by atoms with Gasteiger partial charge in [0.25, 0.3) is 0 Å². The Morgan fingerprint density at radius 3 is 2.72 bits per heavy atom. The number of benzene rings is 1. The SMILES string of the molecule is N#CCOc1ccc(CNCc2ccn[nH]2)cc1. The molecule has 0 amide bonds. The molecule has 0 radical (unpaired) electrons. The fourth-order valence-electron chi connectivity index (χ4n) is 1.54. The molecule has 1 aromatic carbocycles. The molecule has 1 aromatic heterocycles. The zero-order chi connectivity index (χ0) is 12.6. The summed E-state index contributed by atoms with van der Waals surface area (Å²) in [6, 6.07) is 11.6. The molecule has 0 aliphatic carbocycles. The fourth-order valence-corrected chi connectivity index (χ4v) is 1.54. The van der Waals surface area contributed by atoms with Crippen molar-refractivity contribution in [2.75, 3.05) is 6.61 Å². The molecule has 2 aromatic rings. The first-order chi connectivity index (χ1) is 8.88. The van der Waals surface area contributed by atoms with Gasteiger partial charge in [-0.2, -0.15) is 10.4 Å². The quantitative estimate of drug-likeness (QED) is 0.807. The van der Waals surface area contributed by atoms with Gasteiger partial charge in [0.05, 0.1) is 0 Å². The molecule has 2 rings (SSSR count). The molecule has 0 aliphatic heterocycles. The van der Waals surface area contributed by atoms with E-state index in [-0.39, 0.29) is 6.61 Å². The van der Waals surface area contributed by atoms with E-state index in [1.807, 2.05) is 36.4 Å². The Balaban J connectivity index is 1.78. The van der Waals surface area contributed by atoms with Crippen LogP contribution in [0.2, 0.25) is 0 Å². The number of nitrogens with one attached hydrogen (secondary N) is 2. The molecular weight excluding hydrogens is 228 g/mol. The van der Waals surface area contributed by atoms with Crippen molar-refractivity contribution < 1.29 is 4.74 Å². The van der Waals surface area contributed by atoms with E-state index in [2.05, 4.69) is 15.5 Å². The normalized spacial score (nSPS) is 9.94. The van der Waals surface area contributed by atoms with Crippen molar-refractivity contribution >= 4 is 0 Å². The van der Waals surface area contributed by atoms with Crippen LogP contribution in [0, 0.1) is 11.3 Å². The number of aromatic nitrogens is 2. The Kier molecular flexibility index (Phi) is 4.33. The molecule has 0 saturated carbocycles. The summed E-state index contributed by atoms with van der Waals surface area (Å²) in [7, 11) is 0. The predicted octanol–water partition coefficient (Wildman–Crippen LogP) is 1.60. The van der Waals surface area contributed by atoms with Crippen molar-refractivity contribution in [3.05, 3.63) is 47.8 Å². The van der Waals surface area contributed by atoms with Gasteiger partial charge in [-0.05, 0) is 23.8 Å². The molecule has 0 unspecified atom stereocenters. The van der Waals surface area contributed by atoms with Crippen LogP contribution in [0.3, 0.4) is 0 Å². The topological polar surface area (TPSA) is 73.7 Å². The molecule has 2 N–H and O–H groups in total. The number of aromatic amines is 1. The highest BCUT2D eigenvalue weighted by atomic mass is 16.5. The Morgan fingerprint density at radius 1 is 1.22 bits per heavy atom. The standard InChI is InChI=1S/C13H14N4O/c14-6-8-18-13-3-1-11(2-4-13)9-15-10-12-5-7-16-17-12/h1-5,7,15H,8-10H2,(H,16,17). The maximum Gasteiger partial charge on any atom is 0.174 e. The van der Waals surface area contributed by atoms with E-state index in [0.717, 1.165) is 18.8 Å². The van der Waals surface area contributed by atoms with Crippen molar-refractivity contribution in [3.63, 3.8) is 0 Å². The minimum Gasteiger partial charge on any atom is -0.479 e. The predicted molar refractivity (Wildman–Crippen MR) is 66.7 cm³/mol. The van der Waals surface area contributed by atoms with Crippen LogP contribution >= 0.6 is 0 Å². The van der Waals surface area contributed by atoms with Crippen molar-refractivity contribution in [2.45, 2.75) is 13.1 Å². The number of nitrogens with zero attached hydrogens (tertiary/aromatic N) is 2. The number of rotatable bonds is 6. The highest BCUT2D eigenvalue weighted by Crippen LogP contribution is 2.11. The number of hydrogen-bond acceptors (Lipinski definition) is 4. The summed E-state index contributed by atoms with van der Waals surface area (Å²) in [5, 5.41) is 18.5. The van der Waals surface area contributed by atoms with E-state index in [0.29, 0.717) is 5.75 Å². The molecule has 0 saturated heterocycles. The zero-order valence-electron chi connectivity index (χ0n) is 9.89. The monoisotopic (exact) mass is 242 g/mol. The maximum absolute atomic E-state index is 8.40. The molecule has 0 bridgehead atoms. The summed E-state index contributed by atoms with van der Waals surface area (Å²) in [4.78, 5) is 0. The lowest BCUT2D eigenvalue weighted by atomic mass is 10.2. The van der Waals surface area contributed by atoms with Crippen LogP contribution in [0.5, 0.6) is 5.75 Å². The lowest BCUT2D eigenvalue weighted by Gasteiger charge is -2.05. The largest absolute Gasteiger partial charge is 0.479 e. The molecule has 18 heavy (non-hydrogen) atoms. The lowest BCUT2D eigenvalue weighted by molar-refractivity contribution is 0.368. The fraction of sp³-hybridized carbons (Fsp3) is 0.231. The third-order valence-electron chi connectivity index (χ3n) is 2.43. The Hall–Kier alpha value is -2.32. The first-order valence-corrected chi connectivity index (χ1v) is 5.66. The third kappa shape index (κ3) is 3.61. The van der Waals surface area contributed by atoms with Crippen LogP contribution in [-0.4, -0.2) is 16.8 Å². The smallest absolute Gasteiger partial charge is 0.174 e. The second-order valence-corrected chi connectivity index (χ2v) is 3.78. The highest BCUT2D eigenvalue weighted by molar-refractivity contribution is 5.27. The Labute approximate surface area is 105 Å². The van der Waals surface area contributed by atoms with Gasteiger partial charge in [-0.1, -0.05) is 12.1 Å². The van der Waals surface area contributed by atoms with Crippen LogP contribution in [-0.2, 0) is 13.1 Å². The van der Waals surface area contributed by atoms with E-state index in [9.17, 15) is 0 Å². The Morgan fingerprint density at radius 2 is 2.06 bits per heavy atom. The summed E-state index contributed by atoms with van der Waals surface area (Å²) in [6.45, 7) is 1.61. The van der Waals surface area contributed by atoms with Gasteiger partial charge in [0.15, 0.2) is 6.61 Å². The van der Waals surface area contributed by atoms with Crippen LogP contribution < -0.4 is 10.1 Å². The van der Waals surface area contributed by atoms with E-state index in [1.165, 1.54) is 5.56 Å². The summed E-state index contributed by atoms with van der Waals surface area (Å²) in [5.41, 5.74) is 2.22. The summed E-state index contributed by atoms with van der Waals surface area (Å²) >= 11 is 0. The molecule has 0 fully saturated rings. The maximum atomic E-state index is 8.40. The molecule has 1 heterocycles. The summed E-state index contributed by atoms with van der Waals surface area (Å²) in [5.74, 6) is 0.717. The Bertz CT molecular complexity index is 499. The van der Waals surface area contributed by atoms with E-state index >= 15 is 0 Å². The first kappa shape index (κ1) is 12.1. The van der Waals surface area contributed by atoms with Gasteiger partial charge in [0.1, 0.15) is 11.8 Å². The second kappa shape index (κ2) is 6.42. The molecule has 0 atom stereocenters. The van der Waals surface area contributed by atoms with E-state index in [4.69, 9.17) is 10.00 Å². The van der Waals surface area contributed by atoms with Crippen LogP contribution in [0.15, 0.2) is 36.5 Å². The van der Waals surface area contributed by atoms with Crippen molar-refractivity contribution in [1.29, 1.82) is 5.26 Å².